The van der Waals surface area contributed by atoms with Crippen LogP contribution in [0.4, 0.5) is 4.79 Å². The maximum absolute atomic E-state index is 12.0. The van der Waals surface area contributed by atoms with E-state index in [0.717, 1.165) is 11.3 Å². The smallest absolute Gasteiger partial charge is 0.408 e. The summed E-state index contributed by atoms with van der Waals surface area (Å²) in [6.07, 6.45) is -0.491. The zero-order valence-corrected chi connectivity index (χ0v) is 16.8. The van der Waals surface area contributed by atoms with Crippen molar-refractivity contribution in [1.29, 1.82) is 0 Å². The van der Waals surface area contributed by atoms with Gasteiger partial charge in [-0.25, -0.2) is 4.79 Å². The zero-order valence-electron chi connectivity index (χ0n) is 16.8. The first kappa shape index (κ1) is 20.8. The Morgan fingerprint density at radius 1 is 1.15 bits per heavy atom. The molecule has 2 rings (SSSR count). The topological polar surface area (TPSA) is 87.6 Å². The van der Waals surface area contributed by atoms with Gasteiger partial charge in [0.2, 0.25) is 0 Å². The van der Waals surface area contributed by atoms with Gasteiger partial charge < -0.3 is 29.0 Å². The number of amides is 1. The molecule has 0 aromatic heterocycles. The largest absolute Gasteiger partial charge is 0.496 e. The highest BCUT2D eigenvalue weighted by Crippen LogP contribution is 2.35. The van der Waals surface area contributed by atoms with Crippen LogP contribution < -0.4 is 19.5 Å². The summed E-state index contributed by atoms with van der Waals surface area (Å²) < 4.78 is 26.8. The summed E-state index contributed by atoms with van der Waals surface area (Å²) >= 11 is 0. The number of methoxy groups -OCH3 is 3. The molecular weight excluding hydrogens is 352 g/mol. The number of nitrogens with one attached hydrogen (secondary N) is 1. The molecule has 1 saturated heterocycles. The standard InChI is InChI=1S/C19H28N2O6/c1-19(2,3)27-18(22)21-14-11-26-10-13(14)20-9-12-7-16(24-5)17(25-6)8-15(12)23-4/h7-8,14H,9-11H2,1-6H3,(H,21,22)/t14-/m0/s1. The number of nitrogens with zero attached hydrogens (tertiary/aromatic N) is 1. The molecule has 0 aliphatic carbocycles. The second-order valence-corrected chi connectivity index (χ2v) is 7.04. The Balaban J connectivity index is 2.13. The first-order valence-electron chi connectivity index (χ1n) is 8.66. The van der Waals surface area contributed by atoms with Crippen molar-refractivity contribution >= 4 is 11.8 Å². The molecule has 0 bridgehead atoms. The molecule has 8 heteroatoms. The number of benzene rings is 1. The van der Waals surface area contributed by atoms with Crippen LogP contribution in [0.5, 0.6) is 17.2 Å². The minimum atomic E-state index is -0.562. The van der Waals surface area contributed by atoms with Crippen LogP contribution in [0.15, 0.2) is 17.1 Å². The van der Waals surface area contributed by atoms with Gasteiger partial charge in [-0.3, -0.25) is 4.99 Å². The number of hydrogen-bond donors (Lipinski definition) is 1. The maximum Gasteiger partial charge on any atom is 0.408 e. The lowest BCUT2D eigenvalue weighted by molar-refractivity contribution is 0.0506. The van der Waals surface area contributed by atoms with E-state index in [2.05, 4.69) is 10.3 Å². The molecule has 1 aliphatic rings. The summed E-state index contributed by atoms with van der Waals surface area (Å²) in [5.74, 6) is 1.83. The predicted molar refractivity (Wildman–Crippen MR) is 101 cm³/mol. The number of carbonyl (C=O) groups excluding carboxylic acids is 1. The van der Waals surface area contributed by atoms with Crippen molar-refractivity contribution in [3.8, 4) is 17.2 Å². The van der Waals surface area contributed by atoms with E-state index in [-0.39, 0.29) is 6.04 Å². The molecule has 1 aromatic rings. The first-order valence-corrected chi connectivity index (χ1v) is 8.66. The number of hydrogen-bond acceptors (Lipinski definition) is 7. The van der Waals surface area contributed by atoms with Crippen molar-refractivity contribution in [3.05, 3.63) is 17.7 Å². The van der Waals surface area contributed by atoms with Crippen molar-refractivity contribution in [2.24, 2.45) is 4.99 Å². The van der Waals surface area contributed by atoms with Crippen molar-refractivity contribution in [3.63, 3.8) is 0 Å². The highest BCUT2D eigenvalue weighted by atomic mass is 16.6. The molecule has 1 heterocycles. The maximum atomic E-state index is 12.0. The third-order valence-corrected chi connectivity index (χ3v) is 3.87. The second kappa shape index (κ2) is 8.94. The fourth-order valence-electron chi connectivity index (χ4n) is 2.61. The van der Waals surface area contributed by atoms with Crippen LogP contribution in [0, 0.1) is 0 Å². The summed E-state index contributed by atoms with van der Waals surface area (Å²) in [6, 6.07) is 3.27. The van der Waals surface area contributed by atoms with E-state index in [4.69, 9.17) is 23.7 Å². The molecular formula is C19H28N2O6. The van der Waals surface area contributed by atoms with Gasteiger partial charge in [-0.15, -0.1) is 0 Å². The summed E-state index contributed by atoms with van der Waals surface area (Å²) in [6.45, 7) is 6.52. The van der Waals surface area contributed by atoms with E-state index in [0.29, 0.717) is 37.0 Å². The minimum absolute atomic E-state index is 0.314. The van der Waals surface area contributed by atoms with E-state index in [9.17, 15) is 4.79 Å². The third kappa shape index (κ3) is 5.75. The van der Waals surface area contributed by atoms with Crippen molar-refractivity contribution < 1.29 is 28.5 Å². The van der Waals surface area contributed by atoms with Crippen LogP contribution in [0.25, 0.3) is 0 Å². The normalized spacial score (nSPS) is 18.3. The summed E-state index contributed by atoms with van der Waals surface area (Å²) in [4.78, 5) is 16.6. The molecule has 1 aliphatic heterocycles. The van der Waals surface area contributed by atoms with Gasteiger partial charge in [-0.2, -0.15) is 0 Å². The van der Waals surface area contributed by atoms with Crippen molar-refractivity contribution in [2.45, 2.75) is 39.0 Å². The molecule has 1 fully saturated rings. The van der Waals surface area contributed by atoms with Crippen LogP contribution in [0.1, 0.15) is 26.3 Å². The van der Waals surface area contributed by atoms with Gasteiger partial charge in [0.25, 0.3) is 0 Å². The molecule has 8 nitrogen and oxygen atoms in total. The fraction of sp³-hybridized carbons (Fsp3) is 0.579. The van der Waals surface area contributed by atoms with Gasteiger partial charge in [0.15, 0.2) is 11.5 Å². The second-order valence-electron chi connectivity index (χ2n) is 7.04. The number of rotatable bonds is 6. The Morgan fingerprint density at radius 3 is 2.37 bits per heavy atom. The van der Waals surface area contributed by atoms with Crippen LogP contribution >= 0.6 is 0 Å². The zero-order chi connectivity index (χ0) is 20.0. The number of ether oxygens (including phenoxy) is 5. The molecule has 0 spiro atoms. The summed E-state index contributed by atoms with van der Waals surface area (Å²) in [7, 11) is 4.73. The lowest BCUT2D eigenvalue weighted by Gasteiger charge is -2.21. The van der Waals surface area contributed by atoms with Crippen LogP contribution in [-0.2, 0) is 16.0 Å². The van der Waals surface area contributed by atoms with Gasteiger partial charge in [0, 0.05) is 11.6 Å². The van der Waals surface area contributed by atoms with E-state index in [1.165, 1.54) is 0 Å². The number of aliphatic imine (C=N–C) groups is 1. The molecule has 1 aromatic carbocycles. The lowest BCUT2D eigenvalue weighted by Crippen LogP contribution is -2.43. The average molecular weight is 380 g/mol. The monoisotopic (exact) mass is 380 g/mol. The van der Waals surface area contributed by atoms with Gasteiger partial charge in [-0.1, -0.05) is 0 Å². The third-order valence-electron chi connectivity index (χ3n) is 3.87. The van der Waals surface area contributed by atoms with E-state index in [1.54, 1.807) is 27.4 Å². The first-order chi connectivity index (χ1) is 12.8. The van der Waals surface area contributed by atoms with Gasteiger partial charge >= 0.3 is 6.09 Å². The van der Waals surface area contributed by atoms with E-state index < -0.39 is 11.7 Å². The summed E-state index contributed by atoms with van der Waals surface area (Å²) in [5, 5.41) is 2.80. The molecule has 1 amide bonds. The van der Waals surface area contributed by atoms with Crippen LogP contribution in [0.2, 0.25) is 0 Å². The Labute approximate surface area is 159 Å². The highest BCUT2D eigenvalue weighted by molar-refractivity contribution is 5.94. The minimum Gasteiger partial charge on any atom is -0.496 e. The van der Waals surface area contributed by atoms with Gasteiger partial charge in [-0.05, 0) is 26.8 Å². The van der Waals surface area contributed by atoms with Crippen molar-refractivity contribution in [2.75, 3.05) is 34.5 Å². The number of carbonyl (C=O) groups is 1. The van der Waals surface area contributed by atoms with Gasteiger partial charge in [0.05, 0.1) is 52.8 Å². The Morgan fingerprint density at radius 2 is 1.78 bits per heavy atom. The molecule has 0 saturated carbocycles. The Kier molecular flexibility index (Phi) is 6.90. The Bertz CT molecular complexity index is 696. The SMILES string of the molecule is COc1cc(OC)c(OC)cc1CN=C1COC[C@@H]1NC(=O)OC(C)(C)C. The Hall–Kier alpha value is -2.48. The van der Waals surface area contributed by atoms with Gasteiger partial charge in [0.1, 0.15) is 11.4 Å². The lowest BCUT2D eigenvalue weighted by atomic mass is 10.1. The number of alkyl carbamates (subject to hydrolysis) is 1. The molecule has 0 unspecified atom stereocenters. The molecule has 150 valence electrons. The summed E-state index contributed by atoms with van der Waals surface area (Å²) in [5.41, 5.74) is 1.02. The quantitative estimate of drug-likeness (QED) is 0.816. The van der Waals surface area contributed by atoms with E-state index in [1.807, 2.05) is 26.8 Å². The van der Waals surface area contributed by atoms with Crippen LogP contribution in [0.3, 0.4) is 0 Å². The molecule has 1 N–H and O–H groups in total. The van der Waals surface area contributed by atoms with Crippen molar-refractivity contribution in [1.82, 2.24) is 5.32 Å². The highest BCUT2D eigenvalue weighted by Gasteiger charge is 2.27. The molecule has 27 heavy (non-hydrogen) atoms. The fourth-order valence-corrected chi connectivity index (χ4v) is 2.61. The average Bonchev–Trinajstić information content (AvgIpc) is 3.04. The molecule has 0 radical (unpaired) electrons. The predicted octanol–water partition coefficient (Wildman–Crippen LogP) is 2.58. The van der Waals surface area contributed by atoms with Crippen LogP contribution in [-0.4, -0.2) is 58.0 Å². The molecule has 1 atom stereocenters. The van der Waals surface area contributed by atoms with E-state index >= 15 is 0 Å².